The van der Waals surface area contributed by atoms with E-state index in [0.717, 1.165) is 11.3 Å². The third-order valence-corrected chi connectivity index (χ3v) is 3.09. The predicted molar refractivity (Wildman–Crippen MR) is 91.2 cm³/mol. The molecule has 23 heavy (non-hydrogen) atoms. The molecule has 0 amide bonds. The largest absolute Gasteiger partial charge is 0.434 e. The van der Waals surface area contributed by atoms with Gasteiger partial charge in [0.25, 0.3) is 0 Å². The van der Waals surface area contributed by atoms with Crippen LogP contribution in [0.5, 0.6) is 5.75 Å². The highest BCUT2D eigenvalue weighted by Crippen LogP contribution is 2.18. The van der Waals surface area contributed by atoms with Crippen molar-refractivity contribution in [1.82, 2.24) is 5.43 Å². The SMILES string of the molecule is Cc1ccccc1NC(=S)N/N=C\c1ccccc1OC(F)F. The van der Waals surface area contributed by atoms with Crippen LogP contribution in [0.3, 0.4) is 0 Å². The van der Waals surface area contributed by atoms with Crippen molar-refractivity contribution in [3.63, 3.8) is 0 Å². The molecule has 4 nitrogen and oxygen atoms in total. The van der Waals surface area contributed by atoms with Crippen LogP contribution in [-0.2, 0) is 0 Å². The van der Waals surface area contributed by atoms with Crippen LogP contribution in [0, 0.1) is 6.92 Å². The summed E-state index contributed by atoms with van der Waals surface area (Å²) in [4.78, 5) is 0. The number of halogens is 2. The summed E-state index contributed by atoms with van der Waals surface area (Å²) in [6.07, 6.45) is 1.36. The third-order valence-electron chi connectivity index (χ3n) is 2.90. The minimum atomic E-state index is -2.89. The van der Waals surface area contributed by atoms with Gasteiger partial charge in [0, 0.05) is 11.3 Å². The molecule has 0 aliphatic heterocycles. The van der Waals surface area contributed by atoms with Crippen molar-refractivity contribution in [2.24, 2.45) is 5.10 Å². The molecule has 0 saturated heterocycles. The van der Waals surface area contributed by atoms with Gasteiger partial charge in [0.2, 0.25) is 0 Å². The molecular weight excluding hydrogens is 320 g/mol. The number of rotatable bonds is 5. The van der Waals surface area contributed by atoms with Gasteiger partial charge in [-0.25, -0.2) is 0 Å². The maximum atomic E-state index is 12.3. The Morgan fingerprint density at radius 2 is 1.87 bits per heavy atom. The first-order valence-corrected chi connectivity index (χ1v) is 7.16. The highest BCUT2D eigenvalue weighted by Gasteiger charge is 2.07. The number of nitrogens with zero attached hydrogens (tertiary/aromatic N) is 1. The second-order valence-electron chi connectivity index (χ2n) is 4.56. The Morgan fingerprint density at radius 1 is 1.17 bits per heavy atom. The molecule has 0 atom stereocenters. The molecule has 0 spiro atoms. The fourth-order valence-corrected chi connectivity index (χ4v) is 1.98. The number of hydrogen-bond donors (Lipinski definition) is 2. The lowest BCUT2D eigenvalue weighted by atomic mass is 10.2. The fourth-order valence-electron chi connectivity index (χ4n) is 1.81. The van der Waals surface area contributed by atoms with E-state index in [1.54, 1.807) is 18.2 Å². The van der Waals surface area contributed by atoms with Gasteiger partial charge in [-0.15, -0.1) is 0 Å². The number of para-hydroxylation sites is 2. The molecule has 0 fully saturated rings. The molecule has 7 heteroatoms. The van der Waals surface area contributed by atoms with Crippen LogP contribution in [-0.4, -0.2) is 17.9 Å². The zero-order valence-electron chi connectivity index (χ0n) is 12.3. The van der Waals surface area contributed by atoms with E-state index < -0.39 is 6.61 Å². The average Bonchev–Trinajstić information content (AvgIpc) is 2.51. The Balaban J connectivity index is 1.96. The molecule has 0 radical (unpaired) electrons. The minimum absolute atomic E-state index is 0.0471. The standard InChI is InChI=1S/C16H15F2N3OS/c1-11-6-2-4-8-13(11)20-16(23)21-19-10-12-7-3-5-9-14(12)22-15(17)18/h2-10,15H,1H3,(H2,20,21,23)/b19-10-. The summed E-state index contributed by atoms with van der Waals surface area (Å²) in [7, 11) is 0. The lowest BCUT2D eigenvalue weighted by Gasteiger charge is -2.10. The van der Waals surface area contributed by atoms with Crippen LogP contribution < -0.4 is 15.5 Å². The Kier molecular flexibility index (Phi) is 5.99. The van der Waals surface area contributed by atoms with Crippen molar-refractivity contribution in [2.75, 3.05) is 5.32 Å². The number of hydrogen-bond acceptors (Lipinski definition) is 3. The number of nitrogens with one attached hydrogen (secondary N) is 2. The van der Waals surface area contributed by atoms with Gasteiger partial charge in [0.15, 0.2) is 5.11 Å². The number of thiocarbonyl (C=S) groups is 1. The Hall–Kier alpha value is -2.54. The normalized spacial score (nSPS) is 10.8. The van der Waals surface area contributed by atoms with Crippen LogP contribution in [0.25, 0.3) is 0 Å². The van der Waals surface area contributed by atoms with Crippen molar-refractivity contribution in [2.45, 2.75) is 13.5 Å². The second kappa shape index (κ2) is 8.19. The van der Waals surface area contributed by atoms with Gasteiger partial charge in [0.05, 0.1) is 6.21 Å². The van der Waals surface area contributed by atoms with Crippen molar-refractivity contribution >= 4 is 29.2 Å². The van der Waals surface area contributed by atoms with E-state index in [2.05, 4.69) is 20.6 Å². The van der Waals surface area contributed by atoms with Crippen molar-refractivity contribution in [1.29, 1.82) is 0 Å². The molecule has 120 valence electrons. The number of hydrazone groups is 1. The lowest BCUT2D eigenvalue weighted by molar-refractivity contribution is -0.0499. The maximum Gasteiger partial charge on any atom is 0.387 e. The number of ether oxygens (including phenoxy) is 1. The van der Waals surface area contributed by atoms with E-state index in [-0.39, 0.29) is 5.75 Å². The molecule has 2 aromatic rings. The summed E-state index contributed by atoms with van der Waals surface area (Å²) in [5.41, 5.74) is 4.95. The summed E-state index contributed by atoms with van der Waals surface area (Å²) >= 11 is 5.13. The minimum Gasteiger partial charge on any atom is -0.434 e. The summed E-state index contributed by atoms with van der Waals surface area (Å²) in [5.74, 6) is 0.0471. The van der Waals surface area contributed by atoms with E-state index in [0.29, 0.717) is 10.7 Å². The van der Waals surface area contributed by atoms with Gasteiger partial charge < -0.3 is 10.1 Å². The zero-order valence-corrected chi connectivity index (χ0v) is 13.1. The molecule has 0 heterocycles. The summed E-state index contributed by atoms with van der Waals surface area (Å²) in [6, 6.07) is 14.0. The average molecular weight is 335 g/mol. The van der Waals surface area contributed by atoms with Crippen molar-refractivity contribution in [3.8, 4) is 5.75 Å². The first-order valence-electron chi connectivity index (χ1n) is 6.76. The van der Waals surface area contributed by atoms with Crippen LogP contribution in [0.15, 0.2) is 53.6 Å². The van der Waals surface area contributed by atoms with Crippen LogP contribution in [0.1, 0.15) is 11.1 Å². The van der Waals surface area contributed by atoms with Gasteiger partial charge >= 0.3 is 6.61 Å². The summed E-state index contributed by atoms with van der Waals surface area (Å²) < 4.78 is 29.0. The van der Waals surface area contributed by atoms with Crippen LogP contribution in [0.2, 0.25) is 0 Å². The molecule has 0 saturated carbocycles. The number of anilines is 1. The summed E-state index contributed by atoms with van der Waals surface area (Å²) in [5, 5.41) is 7.22. The third kappa shape index (κ3) is 5.30. The first-order chi connectivity index (χ1) is 11.1. The number of aryl methyl sites for hydroxylation is 1. The Bertz CT molecular complexity index is 707. The fraction of sp³-hybridized carbons (Fsp3) is 0.125. The Morgan fingerprint density at radius 3 is 2.61 bits per heavy atom. The zero-order chi connectivity index (χ0) is 16.7. The first kappa shape index (κ1) is 16.8. The smallest absolute Gasteiger partial charge is 0.387 e. The van der Waals surface area contributed by atoms with Gasteiger partial charge in [-0.1, -0.05) is 30.3 Å². The van der Waals surface area contributed by atoms with E-state index >= 15 is 0 Å². The van der Waals surface area contributed by atoms with E-state index in [9.17, 15) is 8.78 Å². The molecule has 0 aliphatic carbocycles. The number of benzene rings is 2. The number of alkyl halides is 2. The molecule has 0 unspecified atom stereocenters. The lowest BCUT2D eigenvalue weighted by Crippen LogP contribution is -2.24. The molecule has 2 aromatic carbocycles. The van der Waals surface area contributed by atoms with E-state index in [4.69, 9.17) is 12.2 Å². The Labute approximate surface area is 138 Å². The maximum absolute atomic E-state index is 12.3. The predicted octanol–water partition coefficient (Wildman–Crippen LogP) is 3.92. The van der Waals surface area contributed by atoms with Gasteiger partial charge in [0.1, 0.15) is 5.75 Å². The highest BCUT2D eigenvalue weighted by atomic mass is 32.1. The molecule has 0 aliphatic rings. The van der Waals surface area contributed by atoms with E-state index in [1.165, 1.54) is 12.3 Å². The topological polar surface area (TPSA) is 45.7 Å². The van der Waals surface area contributed by atoms with Gasteiger partial charge in [-0.2, -0.15) is 13.9 Å². The van der Waals surface area contributed by atoms with Crippen LogP contribution >= 0.6 is 12.2 Å². The summed E-state index contributed by atoms with van der Waals surface area (Å²) in [6.45, 7) is -0.937. The monoisotopic (exact) mass is 335 g/mol. The van der Waals surface area contributed by atoms with Crippen molar-refractivity contribution < 1.29 is 13.5 Å². The van der Waals surface area contributed by atoms with Gasteiger partial charge in [-0.3, -0.25) is 5.43 Å². The highest BCUT2D eigenvalue weighted by molar-refractivity contribution is 7.80. The molecule has 0 aromatic heterocycles. The van der Waals surface area contributed by atoms with Crippen molar-refractivity contribution in [3.05, 3.63) is 59.7 Å². The van der Waals surface area contributed by atoms with Crippen LogP contribution in [0.4, 0.5) is 14.5 Å². The molecule has 0 bridgehead atoms. The quantitative estimate of drug-likeness (QED) is 0.494. The van der Waals surface area contributed by atoms with Gasteiger partial charge in [-0.05, 0) is 42.9 Å². The molecular formula is C16H15F2N3OS. The molecule has 2 rings (SSSR count). The van der Waals surface area contributed by atoms with E-state index in [1.807, 2.05) is 31.2 Å². The molecule has 2 N–H and O–H groups in total. The second-order valence-corrected chi connectivity index (χ2v) is 4.96.